The van der Waals surface area contributed by atoms with Crippen LogP contribution in [0.1, 0.15) is 38.7 Å². The molecule has 2 fully saturated rings. The second-order valence-electron chi connectivity index (χ2n) is 8.93. The van der Waals surface area contributed by atoms with E-state index in [0.717, 1.165) is 25.0 Å². The van der Waals surface area contributed by atoms with Crippen LogP contribution in [0.15, 0.2) is 29.2 Å². The van der Waals surface area contributed by atoms with Gasteiger partial charge in [-0.25, -0.2) is 8.42 Å². The zero-order valence-electron chi connectivity index (χ0n) is 17.9. The summed E-state index contributed by atoms with van der Waals surface area (Å²) >= 11 is 0. The normalized spacial score (nSPS) is 25.6. The fraction of sp³-hybridized carbons (Fsp3) is 0.667. The van der Waals surface area contributed by atoms with Crippen LogP contribution >= 0.6 is 0 Å². The maximum Gasteiger partial charge on any atom is 0.416 e. The molecule has 174 valence electrons. The van der Waals surface area contributed by atoms with Crippen LogP contribution in [0.4, 0.5) is 13.2 Å². The second kappa shape index (κ2) is 9.07. The third-order valence-electron chi connectivity index (χ3n) is 6.32. The van der Waals surface area contributed by atoms with Gasteiger partial charge in [-0.2, -0.15) is 17.5 Å². The standard InChI is InChI=1S/C21H30F3N3O3S/c1-13(2)9-19(25-3)20(28)26-18-8-7-14-11-27(12-17(14)18)31(29,30)16-6-4-5-15(10-16)21(22,23)24/h4-6,10,13-14,17-19,25H,7-9,11-12H2,1-3H3,(H,26,28)/t14-,17+,18+,19+/m1/s1. The molecule has 1 aliphatic carbocycles. The summed E-state index contributed by atoms with van der Waals surface area (Å²) in [5.41, 5.74) is -0.985. The molecule has 2 aliphatic rings. The summed E-state index contributed by atoms with van der Waals surface area (Å²) in [4.78, 5) is 12.3. The average Bonchev–Trinajstić information content (AvgIpc) is 3.28. The molecule has 3 rings (SSSR count). The highest BCUT2D eigenvalue weighted by molar-refractivity contribution is 7.89. The van der Waals surface area contributed by atoms with Crippen LogP contribution in [0.5, 0.6) is 0 Å². The number of carbonyl (C=O) groups is 1. The van der Waals surface area contributed by atoms with Crippen molar-refractivity contribution in [3.05, 3.63) is 29.8 Å². The Balaban J connectivity index is 1.71. The van der Waals surface area contributed by atoms with E-state index in [9.17, 15) is 26.4 Å². The summed E-state index contributed by atoms with van der Waals surface area (Å²) < 4.78 is 66.3. The van der Waals surface area contributed by atoms with E-state index in [4.69, 9.17) is 0 Å². The van der Waals surface area contributed by atoms with Crippen LogP contribution < -0.4 is 10.6 Å². The molecule has 1 aromatic carbocycles. The first kappa shape index (κ1) is 24.0. The van der Waals surface area contributed by atoms with E-state index in [2.05, 4.69) is 10.6 Å². The summed E-state index contributed by atoms with van der Waals surface area (Å²) in [6, 6.07) is 3.40. The highest BCUT2D eigenvalue weighted by Crippen LogP contribution is 2.40. The van der Waals surface area contributed by atoms with E-state index >= 15 is 0 Å². The van der Waals surface area contributed by atoms with Crippen LogP contribution in [-0.2, 0) is 21.0 Å². The number of halogens is 3. The third kappa shape index (κ3) is 5.23. The number of likely N-dealkylation sites (N-methyl/N-ethyl adjacent to an activating group) is 1. The number of amides is 1. The molecule has 1 amide bonds. The average molecular weight is 462 g/mol. The molecule has 0 radical (unpaired) electrons. The molecule has 0 spiro atoms. The zero-order valence-corrected chi connectivity index (χ0v) is 18.8. The Kier molecular flexibility index (Phi) is 7.02. The number of nitrogens with one attached hydrogen (secondary N) is 2. The number of alkyl halides is 3. The van der Waals surface area contributed by atoms with Crippen LogP contribution in [0.2, 0.25) is 0 Å². The smallest absolute Gasteiger partial charge is 0.352 e. The van der Waals surface area contributed by atoms with Crippen LogP contribution in [-0.4, -0.2) is 50.9 Å². The topological polar surface area (TPSA) is 78.5 Å². The number of hydrogen-bond donors (Lipinski definition) is 2. The van der Waals surface area contributed by atoms with Gasteiger partial charge in [-0.05, 0) is 62.3 Å². The molecule has 1 aliphatic heterocycles. The van der Waals surface area contributed by atoms with Gasteiger partial charge in [0.15, 0.2) is 0 Å². The predicted octanol–water partition coefficient (Wildman–Crippen LogP) is 2.85. The number of carbonyl (C=O) groups excluding carboxylic acids is 1. The van der Waals surface area contributed by atoms with Crippen LogP contribution in [0.25, 0.3) is 0 Å². The van der Waals surface area contributed by atoms with Gasteiger partial charge in [0.05, 0.1) is 16.5 Å². The minimum atomic E-state index is -4.61. The van der Waals surface area contributed by atoms with Crippen molar-refractivity contribution in [2.75, 3.05) is 20.1 Å². The van der Waals surface area contributed by atoms with Gasteiger partial charge >= 0.3 is 6.18 Å². The van der Waals surface area contributed by atoms with Gasteiger partial charge in [-0.15, -0.1) is 0 Å². The molecule has 1 heterocycles. The van der Waals surface area contributed by atoms with Crippen molar-refractivity contribution in [1.82, 2.24) is 14.9 Å². The Hall–Kier alpha value is -1.65. The van der Waals surface area contributed by atoms with E-state index in [1.54, 1.807) is 7.05 Å². The summed E-state index contributed by atoms with van der Waals surface area (Å²) in [7, 11) is -2.30. The lowest BCUT2D eigenvalue weighted by Gasteiger charge is -2.25. The first-order valence-electron chi connectivity index (χ1n) is 10.6. The van der Waals surface area contributed by atoms with Gasteiger partial charge in [0.25, 0.3) is 0 Å². The largest absolute Gasteiger partial charge is 0.416 e. The number of nitrogens with zero attached hydrogens (tertiary/aromatic N) is 1. The molecule has 0 unspecified atom stereocenters. The SMILES string of the molecule is CN[C@@H](CC(C)C)C(=O)N[C@H]1CC[C@@H]2CN(S(=O)(=O)c3cccc(C(F)(F)F)c3)C[C@@H]21. The van der Waals surface area contributed by atoms with Gasteiger partial charge in [0.1, 0.15) is 0 Å². The van der Waals surface area contributed by atoms with E-state index in [1.807, 2.05) is 13.8 Å². The van der Waals surface area contributed by atoms with Crippen molar-refractivity contribution in [1.29, 1.82) is 0 Å². The minimum absolute atomic E-state index is 0.0407. The highest BCUT2D eigenvalue weighted by Gasteiger charge is 2.47. The van der Waals surface area contributed by atoms with Crippen molar-refractivity contribution in [3.63, 3.8) is 0 Å². The van der Waals surface area contributed by atoms with Gasteiger partial charge in [0.2, 0.25) is 15.9 Å². The predicted molar refractivity (Wildman–Crippen MR) is 111 cm³/mol. The lowest BCUT2D eigenvalue weighted by Crippen LogP contribution is -2.49. The fourth-order valence-corrected chi connectivity index (χ4v) is 6.27. The third-order valence-corrected chi connectivity index (χ3v) is 8.15. The van der Waals surface area contributed by atoms with E-state index in [0.29, 0.717) is 18.4 Å². The number of fused-ring (bicyclic) bond motifs is 1. The molecular formula is C21H30F3N3O3S. The molecule has 1 saturated heterocycles. The Morgan fingerprint density at radius 1 is 1.23 bits per heavy atom. The van der Waals surface area contributed by atoms with Crippen LogP contribution in [0, 0.1) is 17.8 Å². The maximum absolute atomic E-state index is 13.0. The van der Waals surface area contributed by atoms with Gasteiger partial charge < -0.3 is 10.6 Å². The highest BCUT2D eigenvalue weighted by atomic mass is 32.2. The Labute approximate surface area is 181 Å². The number of rotatable bonds is 7. The summed E-state index contributed by atoms with van der Waals surface area (Å²) in [6.45, 7) is 4.53. The Morgan fingerprint density at radius 3 is 2.55 bits per heavy atom. The van der Waals surface area contributed by atoms with Gasteiger partial charge in [0, 0.05) is 19.1 Å². The summed E-state index contributed by atoms with van der Waals surface area (Å²) in [5.74, 6) is 0.297. The Morgan fingerprint density at radius 2 is 1.94 bits per heavy atom. The van der Waals surface area contributed by atoms with Crippen molar-refractivity contribution < 1.29 is 26.4 Å². The molecule has 4 atom stereocenters. The summed E-state index contributed by atoms with van der Waals surface area (Å²) in [5, 5.41) is 6.10. The zero-order chi connectivity index (χ0) is 23.0. The van der Waals surface area contributed by atoms with E-state index in [-0.39, 0.29) is 47.8 Å². The van der Waals surface area contributed by atoms with Crippen molar-refractivity contribution in [2.24, 2.45) is 17.8 Å². The van der Waals surface area contributed by atoms with Crippen molar-refractivity contribution in [2.45, 2.75) is 56.3 Å². The molecule has 10 heteroatoms. The Bertz CT molecular complexity index is 905. The van der Waals surface area contributed by atoms with Crippen LogP contribution in [0.3, 0.4) is 0 Å². The van der Waals surface area contributed by atoms with E-state index in [1.165, 1.54) is 10.4 Å². The molecule has 1 saturated carbocycles. The maximum atomic E-state index is 13.0. The quantitative estimate of drug-likeness (QED) is 0.655. The summed E-state index contributed by atoms with van der Waals surface area (Å²) in [6.07, 6.45) is -2.36. The number of sulfonamides is 1. The first-order valence-corrected chi connectivity index (χ1v) is 12.0. The fourth-order valence-electron chi connectivity index (χ4n) is 4.69. The van der Waals surface area contributed by atoms with E-state index < -0.39 is 21.8 Å². The molecule has 1 aromatic rings. The van der Waals surface area contributed by atoms with Crippen molar-refractivity contribution >= 4 is 15.9 Å². The van der Waals surface area contributed by atoms with Gasteiger partial charge in [-0.3, -0.25) is 4.79 Å². The monoisotopic (exact) mass is 461 g/mol. The molecule has 2 N–H and O–H groups in total. The van der Waals surface area contributed by atoms with Gasteiger partial charge in [-0.1, -0.05) is 19.9 Å². The number of benzene rings is 1. The first-order chi connectivity index (χ1) is 14.4. The minimum Gasteiger partial charge on any atom is -0.352 e. The lowest BCUT2D eigenvalue weighted by molar-refractivity contribution is -0.137. The van der Waals surface area contributed by atoms with Crippen molar-refractivity contribution in [3.8, 4) is 0 Å². The molecule has 0 bridgehead atoms. The molecule has 6 nitrogen and oxygen atoms in total. The number of hydrogen-bond acceptors (Lipinski definition) is 4. The molecule has 31 heavy (non-hydrogen) atoms. The second-order valence-corrected chi connectivity index (χ2v) is 10.9. The lowest BCUT2D eigenvalue weighted by atomic mass is 9.97. The molecule has 0 aromatic heterocycles. The molecular weight excluding hydrogens is 431 g/mol.